The first-order valence-electron chi connectivity index (χ1n) is 8.45. The molecule has 0 bridgehead atoms. The molecule has 2 heterocycles. The van der Waals surface area contributed by atoms with Crippen LogP contribution in [0.3, 0.4) is 0 Å². The summed E-state index contributed by atoms with van der Waals surface area (Å²) in [5.41, 5.74) is 2.92. The summed E-state index contributed by atoms with van der Waals surface area (Å²) < 4.78 is 30.2. The van der Waals surface area contributed by atoms with Crippen LogP contribution in [0.25, 0.3) is 11.3 Å². The molecule has 2 N–H and O–H groups in total. The lowest BCUT2D eigenvalue weighted by molar-refractivity contribution is 0.102. The van der Waals surface area contributed by atoms with E-state index in [-0.39, 0.29) is 11.8 Å². The Morgan fingerprint density at radius 1 is 1.21 bits per heavy atom. The smallest absolute Gasteiger partial charge is 0.262 e. The van der Waals surface area contributed by atoms with Gasteiger partial charge in [-0.25, -0.2) is 13.4 Å². The maximum absolute atomic E-state index is 12.6. The molecule has 0 radical (unpaired) electrons. The van der Waals surface area contributed by atoms with Gasteiger partial charge in [-0.15, -0.1) is 11.3 Å². The first-order valence-corrected chi connectivity index (χ1v) is 11.2. The van der Waals surface area contributed by atoms with E-state index in [2.05, 4.69) is 20.2 Å². The number of carbonyl (C=O) groups is 1. The summed E-state index contributed by atoms with van der Waals surface area (Å²) in [7, 11) is -3.32. The van der Waals surface area contributed by atoms with Crippen LogP contribution in [0, 0.1) is 6.92 Å². The predicted octanol–water partition coefficient (Wildman–Crippen LogP) is 3.85. The molecule has 0 spiro atoms. The number of aryl methyl sites for hydroxylation is 1. The van der Waals surface area contributed by atoms with E-state index in [0.717, 1.165) is 11.8 Å². The Balaban J connectivity index is 1.76. The van der Waals surface area contributed by atoms with Crippen LogP contribution >= 0.6 is 11.3 Å². The summed E-state index contributed by atoms with van der Waals surface area (Å²) in [5, 5.41) is 8.95. The third-order valence-corrected chi connectivity index (χ3v) is 5.21. The van der Waals surface area contributed by atoms with Crippen molar-refractivity contribution in [2.24, 2.45) is 0 Å². The molecule has 2 aromatic heterocycles. The standard InChI is InChI=1S/C18H20N4O4S2/c1-10(2)16-15(11(3)21-26-16)17(23)20-18-19-14(9-27-18)12-5-7-13(8-6-12)22-28(4,24)25/h5-10,22H,1-4H3,(H,19,20,23). The lowest BCUT2D eigenvalue weighted by Crippen LogP contribution is -2.14. The van der Waals surface area contributed by atoms with Gasteiger partial charge in [0.25, 0.3) is 5.91 Å². The number of anilines is 2. The highest BCUT2D eigenvalue weighted by Gasteiger charge is 2.23. The van der Waals surface area contributed by atoms with Crippen molar-refractivity contribution in [3.63, 3.8) is 0 Å². The number of hydrogen-bond donors (Lipinski definition) is 2. The molecule has 1 aromatic carbocycles. The van der Waals surface area contributed by atoms with Gasteiger partial charge in [0, 0.05) is 22.5 Å². The highest BCUT2D eigenvalue weighted by atomic mass is 32.2. The first-order chi connectivity index (χ1) is 13.1. The summed E-state index contributed by atoms with van der Waals surface area (Å²) in [4.78, 5) is 17.1. The number of aromatic nitrogens is 2. The summed E-state index contributed by atoms with van der Waals surface area (Å²) in [5.74, 6) is 0.268. The van der Waals surface area contributed by atoms with E-state index >= 15 is 0 Å². The van der Waals surface area contributed by atoms with Gasteiger partial charge in [0.05, 0.1) is 17.6 Å². The molecular formula is C18H20N4O4S2. The maximum Gasteiger partial charge on any atom is 0.262 e. The fourth-order valence-corrected chi connectivity index (χ4v) is 3.88. The van der Waals surface area contributed by atoms with Crippen molar-refractivity contribution in [1.82, 2.24) is 10.1 Å². The Morgan fingerprint density at radius 3 is 2.50 bits per heavy atom. The van der Waals surface area contributed by atoms with E-state index in [9.17, 15) is 13.2 Å². The average molecular weight is 421 g/mol. The first kappa shape index (κ1) is 20.0. The second-order valence-corrected chi connectivity index (χ2v) is 9.21. The molecule has 3 rings (SSSR count). The Hall–Kier alpha value is -2.72. The zero-order chi connectivity index (χ0) is 20.5. The number of nitrogens with one attached hydrogen (secondary N) is 2. The summed E-state index contributed by atoms with van der Waals surface area (Å²) in [6.07, 6.45) is 1.10. The number of amides is 1. The van der Waals surface area contributed by atoms with Gasteiger partial charge in [-0.1, -0.05) is 31.1 Å². The van der Waals surface area contributed by atoms with Gasteiger partial charge in [-0.05, 0) is 19.1 Å². The van der Waals surface area contributed by atoms with E-state index in [1.807, 2.05) is 19.2 Å². The van der Waals surface area contributed by atoms with Crippen molar-refractivity contribution in [1.29, 1.82) is 0 Å². The molecule has 148 valence electrons. The van der Waals surface area contributed by atoms with E-state index in [0.29, 0.717) is 33.5 Å². The molecular weight excluding hydrogens is 400 g/mol. The number of hydrogen-bond acceptors (Lipinski definition) is 7. The molecule has 0 fully saturated rings. The van der Waals surface area contributed by atoms with Crippen molar-refractivity contribution in [2.45, 2.75) is 26.7 Å². The van der Waals surface area contributed by atoms with Gasteiger partial charge in [-0.3, -0.25) is 14.8 Å². The summed E-state index contributed by atoms with van der Waals surface area (Å²) >= 11 is 1.30. The fourth-order valence-electron chi connectivity index (χ4n) is 2.60. The van der Waals surface area contributed by atoms with Crippen molar-refractivity contribution in [3.05, 3.63) is 46.7 Å². The summed E-state index contributed by atoms with van der Waals surface area (Å²) in [6.45, 7) is 5.59. The Bertz CT molecular complexity index is 1100. The van der Waals surface area contributed by atoms with Crippen molar-refractivity contribution in [3.8, 4) is 11.3 Å². The van der Waals surface area contributed by atoms with Gasteiger partial charge < -0.3 is 4.52 Å². The topological polar surface area (TPSA) is 114 Å². The molecule has 1 amide bonds. The number of benzene rings is 1. The van der Waals surface area contributed by atoms with Crippen molar-refractivity contribution < 1.29 is 17.7 Å². The van der Waals surface area contributed by atoms with Crippen LogP contribution in [0.15, 0.2) is 34.2 Å². The van der Waals surface area contributed by atoms with Gasteiger partial charge >= 0.3 is 0 Å². The number of thiazole rings is 1. The molecule has 0 aliphatic carbocycles. The minimum absolute atomic E-state index is 0.0351. The molecule has 10 heteroatoms. The van der Waals surface area contributed by atoms with Gasteiger partial charge in [0.2, 0.25) is 10.0 Å². The van der Waals surface area contributed by atoms with Gasteiger partial charge in [0.1, 0.15) is 5.56 Å². The molecule has 0 saturated carbocycles. The quantitative estimate of drug-likeness (QED) is 0.626. The van der Waals surface area contributed by atoms with Crippen LogP contribution in [0.2, 0.25) is 0 Å². The lowest BCUT2D eigenvalue weighted by atomic mass is 10.0. The van der Waals surface area contributed by atoms with Crippen molar-refractivity contribution in [2.75, 3.05) is 16.3 Å². The minimum Gasteiger partial charge on any atom is -0.360 e. The van der Waals surface area contributed by atoms with Crippen LogP contribution in [0.5, 0.6) is 0 Å². The van der Waals surface area contributed by atoms with Crippen LogP contribution in [-0.4, -0.2) is 30.7 Å². The Kier molecular flexibility index (Phi) is 5.52. The van der Waals surface area contributed by atoms with E-state index in [1.165, 1.54) is 11.3 Å². The molecule has 3 aromatic rings. The molecule has 0 saturated heterocycles. The van der Waals surface area contributed by atoms with Crippen LogP contribution in [0.1, 0.15) is 41.6 Å². The number of rotatable bonds is 6. The fraction of sp³-hybridized carbons (Fsp3) is 0.278. The highest BCUT2D eigenvalue weighted by Crippen LogP contribution is 2.28. The lowest BCUT2D eigenvalue weighted by Gasteiger charge is -2.05. The van der Waals surface area contributed by atoms with E-state index in [1.54, 1.807) is 31.2 Å². The highest BCUT2D eigenvalue weighted by molar-refractivity contribution is 7.92. The van der Waals surface area contributed by atoms with E-state index in [4.69, 9.17) is 4.52 Å². The average Bonchev–Trinajstić information content (AvgIpc) is 3.20. The third-order valence-electron chi connectivity index (χ3n) is 3.85. The van der Waals surface area contributed by atoms with Crippen LogP contribution in [0.4, 0.5) is 10.8 Å². The minimum atomic E-state index is -3.32. The number of nitrogens with zero attached hydrogens (tertiary/aromatic N) is 2. The largest absolute Gasteiger partial charge is 0.360 e. The molecule has 8 nitrogen and oxygen atoms in total. The van der Waals surface area contributed by atoms with Gasteiger partial charge in [0.15, 0.2) is 10.9 Å². The maximum atomic E-state index is 12.6. The summed E-state index contributed by atoms with van der Waals surface area (Å²) in [6, 6.07) is 6.83. The molecule has 0 atom stereocenters. The van der Waals surface area contributed by atoms with Crippen LogP contribution < -0.4 is 10.0 Å². The monoisotopic (exact) mass is 420 g/mol. The molecule has 0 unspecified atom stereocenters. The third kappa shape index (κ3) is 4.57. The Morgan fingerprint density at radius 2 is 1.89 bits per heavy atom. The van der Waals surface area contributed by atoms with Crippen molar-refractivity contribution >= 4 is 38.1 Å². The molecule has 0 aliphatic heterocycles. The second kappa shape index (κ2) is 7.72. The zero-order valence-electron chi connectivity index (χ0n) is 15.8. The van der Waals surface area contributed by atoms with Crippen LogP contribution in [-0.2, 0) is 10.0 Å². The number of sulfonamides is 1. The second-order valence-electron chi connectivity index (χ2n) is 6.61. The normalized spacial score (nSPS) is 11.6. The predicted molar refractivity (Wildman–Crippen MR) is 109 cm³/mol. The molecule has 0 aliphatic rings. The zero-order valence-corrected chi connectivity index (χ0v) is 17.4. The number of carbonyl (C=O) groups excluding carboxylic acids is 1. The SMILES string of the molecule is Cc1noc(C(C)C)c1C(=O)Nc1nc(-c2ccc(NS(C)(=O)=O)cc2)cs1. The van der Waals surface area contributed by atoms with Gasteiger partial charge in [-0.2, -0.15) is 0 Å². The van der Waals surface area contributed by atoms with E-state index < -0.39 is 10.0 Å². The Labute approximate surface area is 167 Å². The molecule has 28 heavy (non-hydrogen) atoms.